The highest BCUT2D eigenvalue weighted by molar-refractivity contribution is 6.46. The third-order valence-corrected chi connectivity index (χ3v) is 6.35. The number of nitrogens with zero attached hydrogens (tertiary/aromatic N) is 2. The van der Waals surface area contributed by atoms with Gasteiger partial charge in [-0.25, -0.2) is 0 Å². The number of aliphatic hydroxyl groups excluding tert-OH is 1. The van der Waals surface area contributed by atoms with Crippen molar-refractivity contribution in [2.45, 2.75) is 19.6 Å². The summed E-state index contributed by atoms with van der Waals surface area (Å²) in [7, 11) is 5.37. The molecule has 3 aromatic carbocycles. The largest absolute Gasteiger partial charge is 0.507 e. The molecule has 1 fully saturated rings. The number of ether oxygens (including phenoxy) is 2. The molecule has 37 heavy (non-hydrogen) atoms. The molecule has 1 amide bonds. The minimum Gasteiger partial charge on any atom is -0.507 e. The molecular weight excluding hydrogens is 468 g/mol. The van der Waals surface area contributed by atoms with E-state index in [2.05, 4.69) is 6.07 Å². The van der Waals surface area contributed by atoms with E-state index < -0.39 is 17.7 Å². The molecular formula is C30H32N2O5. The number of ketones is 1. The summed E-state index contributed by atoms with van der Waals surface area (Å²) in [5, 5.41) is 11.3. The monoisotopic (exact) mass is 500 g/mol. The van der Waals surface area contributed by atoms with Crippen LogP contribution in [0.5, 0.6) is 11.5 Å². The fourth-order valence-corrected chi connectivity index (χ4v) is 4.41. The molecule has 0 radical (unpaired) electrons. The van der Waals surface area contributed by atoms with Crippen LogP contribution in [-0.4, -0.2) is 60.9 Å². The van der Waals surface area contributed by atoms with E-state index in [4.69, 9.17) is 9.47 Å². The Labute approximate surface area is 217 Å². The number of methoxy groups -OCH3 is 1. The zero-order chi connectivity index (χ0) is 26.5. The maximum absolute atomic E-state index is 13.2. The second-order valence-electron chi connectivity index (χ2n) is 9.37. The molecule has 0 saturated carbocycles. The van der Waals surface area contributed by atoms with Crippen molar-refractivity contribution in [2.24, 2.45) is 0 Å². The van der Waals surface area contributed by atoms with Crippen LogP contribution < -0.4 is 9.47 Å². The zero-order valence-corrected chi connectivity index (χ0v) is 21.6. The molecule has 0 aromatic heterocycles. The van der Waals surface area contributed by atoms with E-state index in [1.165, 1.54) is 4.90 Å². The van der Waals surface area contributed by atoms with Gasteiger partial charge in [0.2, 0.25) is 0 Å². The van der Waals surface area contributed by atoms with Crippen molar-refractivity contribution in [3.05, 3.63) is 101 Å². The molecule has 0 unspecified atom stereocenters. The van der Waals surface area contributed by atoms with Crippen molar-refractivity contribution in [1.82, 2.24) is 9.80 Å². The molecule has 0 aliphatic carbocycles. The van der Waals surface area contributed by atoms with Crippen LogP contribution in [-0.2, 0) is 16.2 Å². The topological polar surface area (TPSA) is 79.3 Å². The van der Waals surface area contributed by atoms with Crippen molar-refractivity contribution in [3.63, 3.8) is 0 Å². The Bertz CT molecular complexity index is 1310. The first-order valence-corrected chi connectivity index (χ1v) is 12.1. The Hall–Kier alpha value is -4.10. The molecule has 1 aliphatic heterocycles. The summed E-state index contributed by atoms with van der Waals surface area (Å²) in [5.74, 6) is -0.318. The first kappa shape index (κ1) is 26.0. The molecule has 4 rings (SSSR count). The summed E-state index contributed by atoms with van der Waals surface area (Å²) in [6.07, 6.45) is 0. The van der Waals surface area contributed by atoms with Crippen LogP contribution in [0.1, 0.15) is 28.3 Å². The van der Waals surface area contributed by atoms with Gasteiger partial charge in [-0.1, -0.05) is 42.0 Å². The van der Waals surface area contributed by atoms with Gasteiger partial charge in [-0.05, 0) is 68.5 Å². The fraction of sp³-hybridized carbons (Fsp3) is 0.267. The third kappa shape index (κ3) is 5.84. The van der Waals surface area contributed by atoms with Crippen LogP contribution in [0.4, 0.5) is 0 Å². The number of benzene rings is 3. The van der Waals surface area contributed by atoms with Crippen LogP contribution in [0, 0.1) is 6.92 Å². The van der Waals surface area contributed by atoms with Crippen LogP contribution in [0.15, 0.2) is 78.4 Å². The lowest BCUT2D eigenvalue weighted by molar-refractivity contribution is -0.140. The molecule has 1 aliphatic rings. The number of Topliss-reactive ketones (excluding diaryl/α,β-unsaturated/α-hetero) is 1. The van der Waals surface area contributed by atoms with Gasteiger partial charge in [-0.3, -0.25) is 9.59 Å². The highest BCUT2D eigenvalue weighted by Crippen LogP contribution is 2.40. The van der Waals surface area contributed by atoms with Crippen LogP contribution in [0.2, 0.25) is 0 Å². The van der Waals surface area contributed by atoms with Gasteiger partial charge in [0.25, 0.3) is 11.7 Å². The Morgan fingerprint density at radius 2 is 1.70 bits per heavy atom. The number of amides is 1. The lowest BCUT2D eigenvalue weighted by atomic mass is 9.95. The van der Waals surface area contributed by atoms with Crippen molar-refractivity contribution >= 4 is 17.4 Å². The summed E-state index contributed by atoms with van der Waals surface area (Å²) in [6, 6.07) is 21.4. The standard InChI is InChI=1S/C30H32N2O5/c1-20-7-5-8-21(17-20)19-37-24-13-11-22(12-14-24)28(33)26-27(23-9-6-10-25(18-23)36-4)32(16-15-31(2)3)30(35)29(26)34/h5-14,17-18,27,33H,15-16,19H2,1-4H3/b28-26+/t27-/m1/s1. The van der Waals surface area contributed by atoms with Gasteiger partial charge in [0.05, 0.1) is 18.7 Å². The first-order valence-electron chi connectivity index (χ1n) is 12.1. The van der Waals surface area contributed by atoms with Crippen LogP contribution >= 0.6 is 0 Å². The van der Waals surface area contributed by atoms with Crippen molar-refractivity contribution in [2.75, 3.05) is 34.3 Å². The molecule has 1 saturated heterocycles. The highest BCUT2D eigenvalue weighted by Gasteiger charge is 2.46. The van der Waals surface area contributed by atoms with Crippen LogP contribution in [0.25, 0.3) is 5.76 Å². The Morgan fingerprint density at radius 3 is 2.38 bits per heavy atom. The minimum atomic E-state index is -0.729. The summed E-state index contributed by atoms with van der Waals surface area (Å²) >= 11 is 0. The number of likely N-dealkylation sites (N-methyl/N-ethyl adjacent to an activating group) is 1. The average molecular weight is 501 g/mol. The van der Waals surface area contributed by atoms with E-state index in [1.807, 2.05) is 50.2 Å². The van der Waals surface area contributed by atoms with Gasteiger partial charge in [0.1, 0.15) is 23.9 Å². The van der Waals surface area contributed by atoms with Gasteiger partial charge in [-0.15, -0.1) is 0 Å². The SMILES string of the molecule is COc1cccc([C@@H]2/C(=C(\O)c3ccc(OCc4cccc(C)c4)cc3)C(=O)C(=O)N2CCN(C)C)c1. The quantitative estimate of drug-likeness (QED) is 0.264. The molecule has 0 bridgehead atoms. The molecule has 7 heteroatoms. The highest BCUT2D eigenvalue weighted by atomic mass is 16.5. The number of hydrogen-bond donors (Lipinski definition) is 1. The van der Waals surface area contributed by atoms with Crippen molar-refractivity contribution in [1.29, 1.82) is 0 Å². The first-order chi connectivity index (χ1) is 17.8. The van der Waals surface area contributed by atoms with E-state index in [-0.39, 0.29) is 11.3 Å². The molecule has 0 spiro atoms. The molecule has 192 valence electrons. The number of rotatable bonds is 9. The molecule has 1 N–H and O–H groups in total. The summed E-state index contributed by atoms with van der Waals surface area (Å²) in [4.78, 5) is 29.7. The summed E-state index contributed by atoms with van der Waals surface area (Å²) in [6.45, 7) is 3.35. The van der Waals surface area contributed by atoms with Gasteiger partial charge in [-0.2, -0.15) is 0 Å². The maximum atomic E-state index is 13.2. The normalized spacial score (nSPS) is 16.9. The number of hydrogen-bond acceptors (Lipinski definition) is 6. The fourth-order valence-electron chi connectivity index (χ4n) is 4.41. The number of carbonyl (C=O) groups excluding carboxylic acids is 2. The Kier molecular flexibility index (Phi) is 7.94. The number of aliphatic hydroxyl groups is 1. The Balaban J connectivity index is 1.66. The van der Waals surface area contributed by atoms with Gasteiger partial charge in [0.15, 0.2) is 0 Å². The second-order valence-corrected chi connectivity index (χ2v) is 9.37. The lowest BCUT2D eigenvalue weighted by Gasteiger charge is -2.26. The van der Waals surface area contributed by atoms with E-state index >= 15 is 0 Å². The summed E-state index contributed by atoms with van der Waals surface area (Å²) < 4.78 is 11.3. The maximum Gasteiger partial charge on any atom is 0.295 e. The Morgan fingerprint density at radius 1 is 0.973 bits per heavy atom. The average Bonchev–Trinajstić information content (AvgIpc) is 3.15. The number of likely N-dealkylation sites (tertiary alicyclic amines) is 1. The van der Waals surface area contributed by atoms with Gasteiger partial charge >= 0.3 is 0 Å². The van der Waals surface area contributed by atoms with Gasteiger partial charge in [0, 0.05) is 18.7 Å². The third-order valence-electron chi connectivity index (χ3n) is 6.35. The molecule has 1 heterocycles. The molecule has 3 aromatic rings. The van der Waals surface area contributed by atoms with E-state index in [9.17, 15) is 14.7 Å². The minimum absolute atomic E-state index is 0.0606. The van der Waals surface area contributed by atoms with E-state index in [0.717, 1.165) is 11.1 Å². The molecule has 1 atom stereocenters. The summed E-state index contributed by atoms with van der Waals surface area (Å²) in [5.41, 5.74) is 3.40. The zero-order valence-electron chi connectivity index (χ0n) is 21.6. The number of carbonyl (C=O) groups is 2. The van der Waals surface area contributed by atoms with Gasteiger partial charge < -0.3 is 24.4 Å². The van der Waals surface area contributed by atoms with E-state index in [1.54, 1.807) is 49.6 Å². The smallest absolute Gasteiger partial charge is 0.295 e. The van der Waals surface area contributed by atoms with Crippen LogP contribution in [0.3, 0.4) is 0 Å². The van der Waals surface area contributed by atoms with Crippen molar-refractivity contribution in [3.8, 4) is 11.5 Å². The molecule has 7 nitrogen and oxygen atoms in total. The van der Waals surface area contributed by atoms with Crippen molar-refractivity contribution < 1.29 is 24.2 Å². The lowest BCUT2D eigenvalue weighted by Crippen LogP contribution is -2.35. The predicted octanol–water partition coefficient (Wildman–Crippen LogP) is 4.57. The van der Waals surface area contributed by atoms with E-state index in [0.29, 0.717) is 42.3 Å². The predicted molar refractivity (Wildman–Crippen MR) is 143 cm³/mol. The second kappa shape index (κ2) is 11.3. The number of aryl methyl sites for hydroxylation is 1.